The number of aryl methyl sites for hydroxylation is 1. The lowest BCUT2D eigenvalue weighted by atomic mass is 10.3. The molecule has 0 amide bonds. The summed E-state index contributed by atoms with van der Waals surface area (Å²) in [6.45, 7) is 2.55. The van der Waals surface area contributed by atoms with Crippen LogP contribution in [0.1, 0.15) is 10.8 Å². The van der Waals surface area contributed by atoms with Crippen molar-refractivity contribution in [3.05, 3.63) is 46.5 Å². The molecule has 102 valence electrons. The quantitative estimate of drug-likeness (QED) is 0.798. The minimum atomic E-state index is 0.608. The Hall–Kier alpha value is -2.05. The molecule has 0 spiro atoms. The Balaban J connectivity index is 2.06. The fourth-order valence-electron chi connectivity index (χ4n) is 2.07. The van der Waals surface area contributed by atoms with E-state index in [2.05, 4.69) is 15.2 Å². The van der Waals surface area contributed by atoms with Gasteiger partial charge in [-0.2, -0.15) is 0 Å². The smallest absolute Gasteiger partial charge is 0.188 e. The Morgan fingerprint density at radius 1 is 1.20 bits per heavy atom. The van der Waals surface area contributed by atoms with E-state index in [4.69, 9.17) is 5.73 Å². The number of thiazole rings is 1. The van der Waals surface area contributed by atoms with E-state index in [1.54, 1.807) is 11.3 Å². The maximum absolute atomic E-state index is 5.57. The molecule has 3 aromatic rings. The highest BCUT2D eigenvalue weighted by molar-refractivity contribution is 7.09. The van der Waals surface area contributed by atoms with Crippen LogP contribution in [0.15, 0.2) is 35.7 Å². The van der Waals surface area contributed by atoms with Gasteiger partial charge in [0.2, 0.25) is 0 Å². The van der Waals surface area contributed by atoms with Gasteiger partial charge in [-0.05, 0) is 25.6 Å². The first kappa shape index (κ1) is 13.0. The van der Waals surface area contributed by atoms with Gasteiger partial charge in [-0.1, -0.05) is 18.2 Å². The van der Waals surface area contributed by atoms with Crippen molar-refractivity contribution >= 4 is 11.3 Å². The minimum absolute atomic E-state index is 0.608. The van der Waals surface area contributed by atoms with E-state index < -0.39 is 0 Å². The molecular weight excluding hydrogens is 270 g/mol. The Bertz CT molecular complexity index is 701. The standard InChI is InChI=1S/C14H15N5S/c1-10-17-18-14(12-9-20-13(16-12)7-8-15)19(10)11-5-3-2-4-6-11/h2-6,9H,7-8,15H2,1H3. The molecule has 0 aliphatic carbocycles. The number of aromatic nitrogens is 4. The number of benzene rings is 1. The first-order valence-corrected chi connectivity index (χ1v) is 7.30. The van der Waals surface area contributed by atoms with Gasteiger partial charge in [-0.15, -0.1) is 21.5 Å². The second-order valence-electron chi connectivity index (χ2n) is 4.41. The lowest BCUT2D eigenvalue weighted by molar-refractivity contribution is 0.946. The predicted molar refractivity (Wildman–Crippen MR) is 80.0 cm³/mol. The summed E-state index contributed by atoms with van der Waals surface area (Å²) in [6, 6.07) is 10.1. The fraction of sp³-hybridized carbons (Fsp3) is 0.214. The molecular formula is C14H15N5S. The number of nitrogens with zero attached hydrogens (tertiary/aromatic N) is 4. The van der Waals surface area contributed by atoms with E-state index in [9.17, 15) is 0 Å². The second-order valence-corrected chi connectivity index (χ2v) is 5.35. The van der Waals surface area contributed by atoms with Crippen LogP contribution in [0, 0.1) is 6.92 Å². The van der Waals surface area contributed by atoms with Crippen LogP contribution in [0.5, 0.6) is 0 Å². The van der Waals surface area contributed by atoms with Crippen molar-refractivity contribution < 1.29 is 0 Å². The van der Waals surface area contributed by atoms with E-state index >= 15 is 0 Å². The molecule has 0 saturated heterocycles. The molecule has 20 heavy (non-hydrogen) atoms. The zero-order chi connectivity index (χ0) is 13.9. The van der Waals surface area contributed by atoms with Crippen molar-refractivity contribution in [3.63, 3.8) is 0 Å². The molecule has 5 nitrogen and oxygen atoms in total. The first-order chi connectivity index (χ1) is 9.79. The molecule has 2 N–H and O–H groups in total. The molecule has 0 saturated carbocycles. The molecule has 0 radical (unpaired) electrons. The summed E-state index contributed by atoms with van der Waals surface area (Å²) < 4.78 is 2.02. The molecule has 2 heterocycles. The third-order valence-corrected chi connectivity index (χ3v) is 3.89. The van der Waals surface area contributed by atoms with E-state index in [0.717, 1.165) is 34.5 Å². The predicted octanol–water partition coefficient (Wildman–Crippen LogP) is 2.20. The van der Waals surface area contributed by atoms with Crippen LogP contribution in [-0.2, 0) is 6.42 Å². The number of hydrogen-bond donors (Lipinski definition) is 1. The fourth-order valence-corrected chi connectivity index (χ4v) is 2.86. The van der Waals surface area contributed by atoms with Crippen LogP contribution < -0.4 is 5.73 Å². The molecule has 1 aromatic carbocycles. The van der Waals surface area contributed by atoms with Crippen molar-refractivity contribution in [1.82, 2.24) is 19.7 Å². The van der Waals surface area contributed by atoms with Crippen LogP contribution in [0.4, 0.5) is 0 Å². The molecule has 3 rings (SSSR count). The normalized spacial score (nSPS) is 10.9. The maximum atomic E-state index is 5.57. The van der Waals surface area contributed by atoms with Crippen molar-refractivity contribution in [1.29, 1.82) is 0 Å². The topological polar surface area (TPSA) is 69.6 Å². The van der Waals surface area contributed by atoms with Crippen LogP contribution in [0.3, 0.4) is 0 Å². The van der Waals surface area contributed by atoms with E-state index in [-0.39, 0.29) is 0 Å². The molecule has 0 atom stereocenters. The molecule has 0 aliphatic heterocycles. The highest BCUT2D eigenvalue weighted by Crippen LogP contribution is 2.24. The molecule has 6 heteroatoms. The summed E-state index contributed by atoms with van der Waals surface area (Å²) in [5, 5.41) is 11.5. The van der Waals surface area contributed by atoms with Crippen molar-refractivity contribution in [3.8, 4) is 17.2 Å². The average Bonchev–Trinajstić information content (AvgIpc) is 3.07. The third-order valence-electron chi connectivity index (χ3n) is 2.98. The highest BCUT2D eigenvalue weighted by atomic mass is 32.1. The number of para-hydroxylation sites is 1. The Labute approximate surface area is 121 Å². The maximum Gasteiger partial charge on any atom is 0.188 e. The van der Waals surface area contributed by atoms with Gasteiger partial charge >= 0.3 is 0 Å². The van der Waals surface area contributed by atoms with Gasteiger partial charge in [-0.3, -0.25) is 4.57 Å². The summed E-state index contributed by atoms with van der Waals surface area (Å²) in [4.78, 5) is 4.58. The third kappa shape index (κ3) is 2.35. The van der Waals surface area contributed by atoms with Gasteiger partial charge in [0.25, 0.3) is 0 Å². The van der Waals surface area contributed by atoms with Crippen molar-refractivity contribution in [2.45, 2.75) is 13.3 Å². The second kappa shape index (κ2) is 5.52. The summed E-state index contributed by atoms with van der Waals surface area (Å²) >= 11 is 1.61. The monoisotopic (exact) mass is 285 g/mol. The van der Waals surface area contributed by atoms with Gasteiger partial charge in [0.15, 0.2) is 5.82 Å². The molecule has 0 fully saturated rings. The molecule has 0 unspecified atom stereocenters. The largest absolute Gasteiger partial charge is 0.330 e. The Morgan fingerprint density at radius 3 is 2.75 bits per heavy atom. The Morgan fingerprint density at radius 2 is 2.00 bits per heavy atom. The van der Waals surface area contributed by atoms with Crippen LogP contribution >= 0.6 is 11.3 Å². The molecule has 0 aliphatic rings. The Kier molecular flexibility index (Phi) is 3.58. The lowest BCUT2D eigenvalue weighted by Gasteiger charge is -2.06. The van der Waals surface area contributed by atoms with Gasteiger partial charge in [0, 0.05) is 17.5 Å². The number of hydrogen-bond acceptors (Lipinski definition) is 5. The summed E-state index contributed by atoms with van der Waals surface area (Å²) in [6.07, 6.45) is 0.795. The molecule has 0 bridgehead atoms. The van der Waals surface area contributed by atoms with E-state index in [1.807, 2.05) is 47.2 Å². The summed E-state index contributed by atoms with van der Waals surface area (Å²) in [7, 11) is 0. The van der Waals surface area contributed by atoms with Crippen molar-refractivity contribution in [2.24, 2.45) is 5.73 Å². The summed E-state index contributed by atoms with van der Waals surface area (Å²) in [5.74, 6) is 1.62. The number of rotatable bonds is 4. The van der Waals surface area contributed by atoms with E-state index in [1.165, 1.54) is 0 Å². The SMILES string of the molecule is Cc1nnc(-c2csc(CCN)n2)n1-c1ccccc1. The lowest BCUT2D eigenvalue weighted by Crippen LogP contribution is -2.03. The van der Waals surface area contributed by atoms with Crippen LogP contribution in [0.25, 0.3) is 17.2 Å². The summed E-state index contributed by atoms with van der Waals surface area (Å²) in [5.41, 5.74) is 7.46. The highest BCUT2D eigenvalue weighted by Gasteiger charge is 2.15. The van der Waals surface area contributed by atoms with Crippen molar-refractivity contribution in [2.75, 3.05) is 6.54 Å². The number of nitrogens with two attached hydrogens (primary N) is 1. The minimum Gasteiger partial charge on any atom is -0.330 e. The zero-order valence-corrected chi connectivity index (χ0v) is 12.0. The van der Waals surface area contributed by atoms with E-state index in [0.29, 0.717) is 6.54 Å². The zero-order valence-electron chi connectivity index (χ0n) is 11.2. The molecule has 2 aromatic heterocycles. The van der Waals surface area contributed by atoms with Crippen LogP contribution in [-0.4, -0.2) is 26.3 Å². The van der Waals surface area contributed by atoms with Gasteiger partial charge in [-0.25, -0.2) is 4.98 Å². The van der Waals surface area contributed by atoms with Gasteiger partial charge in [0.1, 0.15) is 11.5 Å². The van der Waals surface area contributed by atoms with Gasteiger partial charge in [0.05, 0.1) is 5.01 Å². The van der Waals surface area contributed by atoms with Crippen LogP contribution in [0.2, 0.25) is 0 Å². The first-order valence-electron chi connectivity index (χ1n) is 6.42. The van der Waals surface area contributed by atoms with Gasteiger partial charge < -0.3 is 5.73 Å². The average molecular weight is 285 g/mol.